The van der Waals surface area contributed by atoms with Gasteiger partial charge in [-0.25, -0.2) is 15.0 Å². The number of nitrogen functional groups attached to an aromatic ring is 1. The number of rotatable bonds is 3. The molecule has 2 aromatic rings. The number of hydrogen-bond donors (Lipinski definition) is 1. The van der Waals surface area contributed by atoms with Gasteiger partial charge in [0.15, 0.2) is 5.82 Å². The van der Waals surface area contributed by atoms with Crippen molar-refractivity contribution in [1.29, 1.82) is 0 Å². The van der Waals surface area contributed by atoms with Gasteiger partial charge in [-0.3, -0.25) is 0 Å². The molecule has 0 bridgehead atoms. The Kier molecular flexibility index (Phi) is 3.64. The van der Waals surface area contributed by atoms with Crippen LogP contribution in [-0.2, 0) is 6.42 Å². The smallest absolute Gasteiger partial charge is 0.384 e. The van der Waals surface area contributed by atoms with Crippen molar-refractivity contribution in [1.82, 2.24) is 15.0 Å². The second kappa shape index (κ2) is 5.21. The SMILES string of the molecule is Nc1ccc(-c2nccc(CCC(F)(F)F)n2)cn1. The summed E-state index contributed by atoms with van der Waals surface area (Å²) in [6.45, 7) is 0. The summed E-state index contributed by atoms with van der Waals surface area (Å²) in [7, 11) is 0. The van der Waals surface area contributed by atoms with E-state index in [4.69, 9.17) is 5.73 Å². The molecular weight excluding hydrogens is 257 g/mol. The quantitative estimate of drug-likeness (QED) is 0.929. The third-order valence-electron chi connectivity index (χ3n) is 2.42. The maximum absolute atomic E-state index is 12.1. The Morgan fingerprint density at radius 2 is 1.89 bits per heavy atom. The number of aryl methyl sites for hydroxylation is 1. The van der Waals surface area contributed by atoms with Gasteiger partial charge in [0.25, 0.3) is 0 Å². The highest BCUT2D eigenvalue weighted by Gasteiger charge is 2.26. The molecule has 0 saturated carbocycles. The molecule has 0 atom stereocenters. The van der Waals surface area contributed by atoms with Gasteiger partial charge in [-0.05, 0) is 24.6 Å². The number of alkyl halides is 3. The molecule has 4 nitrogen and oxygen atoms in total. The van der Waals surface area contributed by atoms with Crippen LogP contribution in [0.1, 0.15) is 12.1 Å². The Balaban J connectivity index is 2.17. The maximum Gasteiger partial charge on any atom is 0.389 e. The molecule has 0 radical (unpaired) electrons. The highest BCUT2D eigenvalue weighted by atomic mass is 19.4. The van der Waals surface area contributed by atoms with E-state index in [9.17, 15) is 13.2 Å². The van der Waals surface area contributed by atoms with E-state index in [1.807, 2.05) is 0 Å². The van der Waals surface area contributed by atoms with E-state index >= 15 is 0 Å². The highest BCUT2D eigenvalue weighted by Crippen LogP contribution is 2.22. The molecule has 0 spiro atoms. The fourth-order valence-electron chi connectivity index (χ4n) is 1.48. The largest absolute Gasteiger partial charge is 0.389 e. The topological polar surface area (TPSA) is 64.7 Å². The monoisotopic (exact) mass is 268 g/mol. The summed E-state index contributed by atoms with van der Waals surface area (Å²) < 4.78 is 36.4. The fraction of sp³-hybridized carbons (Fsp3) is 0.250. The van der Waals surface area contributed by atoms with Crippen LogP contribution in [0.25, 0.3) is 11.4 Å². The number of pyridine rings is 1. The van der Waals surface area contributed by atoms with Crippen LogP contribution in [0.15, 0.2) is 30.6 Å². The van der Waals surface area contributed by atoms with Crippen molar-refractivity contribution in [2.45, 2.75) is 19.0 Å². The maximum atomic E-state index is 12.1. The first-order chi connectivity index (χ1) is 8.94. The summed E-state index contributed by atoms with van der Waals surface area (Å²) >= 11 is 0. The van der Waals surface area contributed by atoms with Gasteiger partial charge in [0, 0.05) is 30.1 Å². The molecular formula is C12H11F3N4. The Morgan fingerprint density at radius 3 is 2.53 bits per heavy atom. The van der Waals surface area contributed by atoms with Crippen LogP contribution in [0.5, 0.6) is 0 Å². The van der Waals surface area contributed by atoms with Crippen molar-refractivity contribution in [3.63, 3.8) is 0 Å². The van der Waals surface area contributed by atoms with Crippen LogP contribution >= 0.6 is 0 Å². The molecule has 7 heteroatoms. The van der Waals surface area contributed by atoms with Gasteiger partial charge in [0.2, 0.25) is 0 Å². The zero-order valence-corrected chi connectivity index (χ0v) is 9.85. The van der Waals surface area contributed by atoms with Crippen LogP contribution in [0, 0.1) is 0 Å². The van der Waals surface area contributed by atoms with E-state index in [1.165, 1.54) is 18.5 Å². The third kappa shape index (κ3) is 3.90. The average molecular weight is 268 g/mol. The average Bonchev–Trinajstić information content (AvgIpc) is 2.37. The minimum absolute atomic E-state index is 0.165. The van der Waals surface area contributed by atoms with E-state index in [2.05, 4.69) is 15.0 Å². The summed E-state index contributed by atoms with van der Waals surface area (Å²) in [5.41, 5.74) is 6.41. The number of nitrogens with two attached hydrogens (primary N) is 1. The third-order valence-corrected chi connectivity index (χ3v) is 2.42. The number of aromatic nitrogens is 3. The number of nitrogens with zero attached hydrogens (tertiary/aromatic N) is 3. The Hall–Kier alpha value is -2.18. The first kappa shape index (κ1) is 13.3. The van der Waals surface area contributed by atoms with E-state index in [-0.39, 0.29) is 6.42 Å². The van der Waals surface area contributed by atoms with Crippen molar-refractivity contribution < 1.29 is 13.2 Å². The standard InChI is InChI=1S/C12H11F3N4/c13-12(14,15)5-3-9-4-6-17-11(19-9)8-1-2-10(16)18-7-8/h1-2,4,6-7H,3,5H2,(H2,16,18). The lowest BCUT2D eigenvalue weighted by Crippen LogP contribution is -2.09. The van der Waals surface area contributed by atoms with Crippen LogP contribution in [0.2, 0.25) is 0 Å². The first-order valence-electron chi connectivity index (χ1n) is 5.54. The first-order valence-corrected chi connectivity index (χ1v) is 5.54. The Morgan fingerprint density at radius 1 is 1.11 bits per heavy atom. The van der Waals surface area contributed by atoms with Crippen molar-refractivity contribution >= 4 is 5.82 Å². The second-order valence-electron chi connectivity index (χ2n) is 3.96. The molecule has 0 aliphatic rings. The van der Waals surface area contributed by atoms with Gasteiger partial charge in [0.1, 0.15) is 5.82 Å². The minimum atomic E-state index is -4.19. The van der Waals surface area contributed by atoms with Gasteiger partial charge >= 0.3 is 6.18 Å². The number of halogens is 3. The lowest BCUT2D eigenvalue weighted by Gasteiger charge is -2.06. The summed E-state index contributed by atoms with van der Waals surface area (Å²) in [6.07, 6.45) is -2.33. The van der Waals surface area contributed by atoms with Gasteiger partial charge in [-0.2, -0.15) is 13.2 Å². The predicted molar refractivity (Wildman–Crippen MR) is 64.1 cm³/mol. The summed E-state index contributed by atoms with van der Waals surface area (Å²) in [5, 5.41) is 0. The lowest BCUT2D eigenvalue weighted by atomic mass is 10.2. The molecule has 2 rings (SSSR count). The fourth-order valence-corrected chi connectivity index (χ4v) is 1.48. The van der Waals surface area contributed by atoms with Crippen LogP contribution < -0.4 is 5.73 Å². The molecule has 0 unspecified atom stereocenters. The molecule has 0 amide bonds. The van der Waals surface area contributed by atoms with Crippen LogP contribution in [-0.4, -0.2) is 21.1 Å². The van der Waals surface area contributed by atoms with E-state index < -0.39 is 12.6 Å². The van der Waals surface area contributed by atoms with Gasteiger partial charge in [0.05, 0.1) is 0 Å². The molecule has 2 aromatic heterocycles. The normalized spacial score (nSPS) is 11.5. The number of anilines is 1. The van der Waals surface area contributed by atoms with Crippen molar-refractivity contribution in [2.24, 2.45) is 0 Å². The molecule has 0 fully saturated rings. The molecule has 100 valence electrons. The summed E-state index contributed by atoms with van der Waals surface area (Å²) in [6, 6.07) is 4.73. The summed E-state index contributed by atoms with van der Waals surface area (Å²) in [4.78, 5) is 12.0. The predicted octanol–water partition coefficient (Wildman–Crippen LogP) is 2.62. The molecule has 0 aliphatic heterocycles. The van der Waals surface area contributed by atoms with E-state index in [1.54, 1.807) is 12.1 Å². The van der Waals surface area contributed by atoms with Crippen molar-refractivity contribution in [3.8, 4) is 11.4 Å². The summed E-state index contributed by atoms with van der Waals surface area (Å²) in [5.74, 6) is 0.698. The molecule has 2 heterocycles. The highest BCUT2D eigenvalue weighted by molar-refractivity contribution is 5.55. The minimum Gasteiger partial charge on any atom is -0.384 e. The van der Waals surface area contributed by atoms with Crippen molar-refractivity contribution in [2.75, 3.05) is 5.73 Å². The van der Waals surface area contributed by atoms with Crippen LogP contribution in [0.3, 0.4) is 0 Å². The molecule has 19 heavy (non-hydrogen) atoms. The van der Waals surface area contributed by atoms with Gasteiger partial charge in [-0.1, -0.05) is 0 Å². The van der Waals surface area contributed by atoms with Gasteiger partial charge < -0.3 is 5.73 Å². The van der Waals surface area contributed by atoms with Crippen molar-refractivity contribution in [3.05, 3.63) is 36.3 Å². The van der Waals surface area contributed by atoms with E-state index in [0.717, 1.165) is 0 Å². The zero-order valence-electron chi connectivity index (χ0n) is 9.85. The van der Waals surface area contributed by atoms with E-state index in [0.29, 0.717) is 22.9 Å². The van der Waals surface area contributed by atoms with Crippen LogP contribution in [0.4, 0.5) is 19.0 Å². The van der Waals surface area contributed by atoms with Gasteiger partial charge in [-0.15, -0.1) is 0 Å². The molecule has 0 aliphatic carbocycles. The molecule has 2 N–H and O–H groups in total. The second-order valence-corrected chi connectivity index (χ2v) is 3.96. The Bertz CT molecular complexity index is 552. The Labute approximate surface area is 107 Å². The number of hydrogen-bond acceptors (Lipinski definition) is 4. The molecule has 0 saturated heterocycles. The zero-order chi connectivity index (χ0) is 13.9. The molecule has 0 aromatic carbocycles. The lowest BCUT2D eigenvalue weighted by molar-refractivity contribution is -0.134.